The Morgan fingerprint density at radius 3 is 2.91 bits per heavy atom. The average molecular weight is 306 g/mol. The molecule has 116 valence electrons. The van der Waals surface area contributed by atoms with Gasteiger partial charge in [0.25, 0.3) is 5.91 Å². The van der Waals surface area contributed by atoms with Gasteiger partial charge in [-0.3, -0.25) is 14.9 Å². The van der Waals surface area contributed by atoms with Gasteiger partial charge in [-0.2, -0.15) is 0 Å². The van der Waals surface area contributed by atoms with Crippen LogP contribution < -0.4 is 5.32 Å². The second kappa shape index (κ2) is 5.92. The lowest BCUT2D eigenvalue weighted by molar-refractivity contribution is -0.402. The molecule has 22 heavy (non-hydrogen) atoms. The van der Waals surface area contributed by atoms with Crippen molar-refractivity contribution in [1.29, 1.82) is 0 Å². The van der Waals surface area contributed by atoms with Crippen molar-refractivity contribution >= 4 is 11.8 Å². The highest BCUT2D eigenvalue weighted by Crippen LogP contribution is 2.29. The molecule has 3 rings (SSSR count). The minimum Gasteiger partial charge on any atom is -0.395 e. The third-order valence-electron chi connectivity index (χ3n) is 3.63. The van der Waals surface area contributed by atoms with Crippen LogP contribution in [0.1, 0.15) is 48.1 Å². The standard InChI is InChI=1S/C12H14N6O4/c19-12(9-5-6-11(22-9)18(20)21)13-7-10-14-15-16-17(10)8-3-1-2-4-8/h5-6,8H,1-4,7H2,(H,13,19). The molecule has 0 aliphatic heterocycles. The fourth-order valence-electron chi connectivity index (χ4n) is 2.56. The smallest absolute Gasteiger partial charge is 0.395 e. The molecule has 1 aliphatic carbocycles. The van der Waals surface area contributed by atoms with Crippen LogP contribution in [0.25, 0.3) is 0 Å². The minimum absolute atomic E-state index is 0.119. The Morgan fingerprint density at radius 2 is 2.23 bits per heavy atom. The minimum atomic E-state index is -0.697. The number of amides is 1. The van der Waals surface area contributed by atoms with Crippen molar-refractivity contribution in [2.24, 2.45) is 0 Å². The van der Waals surface area contributed by atoms with Gasteiger partial charge in [-0.1, -0.05) is 12.8 Å². The zero-order valence-electron chi connectivity index (χ0n) is 11.6. The van der Waals surface area contributed by atoms with Crippen LogP contribution in [0, 0.1) is 10.1 Å². The summed E-state index contributed by atoms with van der Waals surface area (Å²) < 4.78 is 6.57. The number of nitrogens with zero attached hydrogens (tertiary/aromatic N) is 5. The van der Waals surface area contributed by atoms with Crippen LogP contribution in [0.2, 0.25) is 0 Å². The van der Waals surface area contributed by atoms with Crippen LogP contribution in [-0.4, -0.2) is 31.0 Å². The zero-order valence-corrected chi connectivity index (χ0v) is 11.6. The molecule has 2 heterocycles. The number of hydrogen-bond acceptors (Lipinski definition) is 7. The Morgan fingerprint density at radius 1 is 1.45 bits per heavy atom. The summed E-state index contributed by atoms with van der Waals surface area (Å²) in [6.07, 6.45) is 4.34. The highest BCUT2D eigenvalue weighted by atomic mass is 16.6. The number of nitro groups is 1. The maximum absolute atomic E-state index is 11.9. The van der Waals surface area contributed by atoms with E-state index in [0.29, 0.717) is 5.82 Å². The molecule has 1 aliphatic rings. The fraction of sp³-hybridized carbons (Fsp3) is 0.500. The molecule has 0 saturated heterocycles. The quantitative estimate of drug-likeness (QED) is 0.649. The molecule has 1 saturated carbocycles. The summed E-state index contributed by atoms with van der Waals surface area (Å²) in [5.41, 5.74) is 0. The first-order chi connectivity index (χ1) is 10.6. The number of hydrogen-bond donors (Lipinski definition) is 1. The molecule has 0 aromatic carbocycles. The molecule has 2 aromatic heterocycles. The van der Waals surface area contributed by atoms with E-state index in [4.69, 9.17) is 4.42 Å². The van der Waals surface area contributed by atoms with Gasteiger partial charge in [-0.15, -0.1) is 5.10 Å². The van der Waals surface area contributed by atoms with Crippen molar-refractivity contribution in [3.05, 3.63) is 33.8 Å². The van der Waals surface area contributed by atoms with Gasteiger partial charge in [0.1, 0.15) is 4.92 Å². The number of furan rings is 1. The van der Waals surface area contributed by atoms with Gasteiger partial charge in [0.05, 0.1) is 18.7 Å². The molecule has 0 unspecified atom stereocenters. The molecule has 2 aromatic rings. The summed E-state index contributed by atoms with van der Waals surface area (Å²) >= 11 is 0. The lowest BCUT2D eigenvalue weighted by atomic mass is 10.2. The number of nitrogens with one attached hydrogen (secondary N) is 1. The molecule has 0 atom stereocenters. The zero-order chi connectivity index (χ0) is 15.5. The van der Waals surface area contributed by atoms with E-state index in [-0.39, 0.29) is 18.3 Å². The maximum Gasteiger partial charge on any atom is 0.433 e. The fourth-order valence-corrected chi connectivity index (χ4v) is 2.56. The number of carbonyl (C=O) groups is 1. The Balaban J connectivity index is 1.63. The lowest BCUT2D eigenvalue weighted by Crippen LogP contribution is -2.25. The van der Waals surface area contributed by atoms with Crippen LogP contribution in [0.15, 0.2) is 16.5 Å². The molecule has 1 fully saturated rings. The number of aromatic nitrogens is 4. The average Bonchev–Trinajstić information content (AvgIpc) is 3.23. The normalized spacial score (nSPS) is 15.1. The van der Waals surface area contributed by atoms with Gasteiger partial charge < -0.3 is 9.73 Å². The summed E-state index contributed by atoms with van der Waals surface area (Å²) in [4.78, 5) is 21.7. The van der Waals surface area contributed by atoms with Crippen LogP contribution >= 0.6 is 0 Å². The third-order valence-corrected chi connectivity index (χ3v) is 3.63. The van der Waals surface area contributed by atoms with E-state index in [0.717, 1.165) is 31.7 Å². The number of tetrazole rings is 1. The van der Waals surface area contributed by atoms with E-state index in [9.17, 15) is 14.9 Å². The second-order valence-corrected chi connectivity index (χ2v) is 5.06. The monoisotopic (exact) mass is 306 g/mol. The van der Waals surface area contributed by atoms with Gasteiger partial charge in [0, 0.05) is 0 Å². The number of carbonyl (C=O) groups excluding carboxylic acids is 1. The van der Waals surface area contributed by atoms with Crippen molar-refractivity contribution in [1.82, 2.24) is 25.5 Å². The van der Waals surface area contributed by atoms with Crippen molar-refractivity contribution < 1.29 is 14.1 Å². The van der Waals surface area contributed by atoms with Crippen molar-refractivity contribution in [3.63, 3.8) is 0 Å². The summed E-state index contributed by atoms with van der Waals surface area (Å²) in [6, 6.07) is 2.66. The van der Waals surface area contributed by atoms with Gasteiger partial charge >= 0.3 is 5.88 Å². The summed E-state index contributed by atoms with van der Waals surface area (Å²) in [5.74, 6) is -0.581. The van der Waals surface area contributed by atoms with Gasteiger partial charge in [-0.25, -0.2) is 4.68 Å². The predicted molar refractivity (Wildman–Crippen MR) is 71.9 cm³/mol. The van der Waals surface area contributed by atoms with E-state index >= 15 is 0 Å². The van der Waals surface area contributed by atoms with E-state index < -0.39 is 16.7 Å². The Hall–Kier alpha value is -2.78. The van der Waals surface area contributed by atoms with Crippen molar-refractivity contribution in [2.75, 3.05) is 0 Å². The van der Waals surface area contributed by atoms with E-state index in [1.165, 1.54) is 6.07 Å². The Bertz CT molecular complexity index is 687. The molecular weight excluding hydrogens is 292 g/mol. The molecule has 0 radical (unpaired) electrons. The van der Waals surface area contributed by atoms with Crippen molar-refractivity contribution in [2.45, 2.75) is 38.3 Å². The first kappa shape index (κ1) is 14.2. The first-order valence-electron chi connectivity index (χ1n) is 6.94. The maximum atomic E-state index is 11.9. The largest absolute Gasteiger partial charge is 0.433 e. The van der Waals surface area contributed by atoms with Crippen LogP contribution in [-0.2, 0) is 6.54 Å². The molecule has 0 bridgehead atoms. The Labute approximate surface area is 124 Å². The molecule has 0 spiro atoms. The second-order valence-electron chi connectivity index (χ2n) is 5.06. The van der Waals surface area contributed by atoms with E-state index in [2.05, 4.69) is 20.8 Å². The summed E-state index contributed by atoms with van der Waals surface area (Å²) in [5, 5.41) is 24.6. The molecule has 10 heteroatoms. The van der Waals surface area contributed by atoms with Gasteiger partial charge in [0.2, 0.25) is 0 Å². The van der Waals surface area contributed by atoms with E-state index in [1.807, 2.05) is 0 Å². The molecule has 1 N–H and O–H groups in total. The summed E-state index contributed by atoms with van der Waals surface area (Å²) in [6.45, 7) is 0.136. The number of rotatable bonds is 5. The summed E-state index contributed by atoms with van der Waals surface area (Å²) in [7, 11) is 0. The van der Waals surface area contributed by atoms with Crippen LogP contribution in [0.3, 0.4) is 0 Å². The lowest BCUT2D eigenvalue weighted by Gasteiger charge is -2.11. The highest BCUT2D eigenvalue weighted by molar-refractivity contribution is 5.91. The Kier molecular flexibility index (Phi) is 3.81. The first-order valence-corrected chi connectivity index (χ1v) is 6.94. The molecular formula is C12H14N6O4. The van der Waals surface area contributed by atoms with Crippen LogP contribution in [0.4, 0.5) is 5.88 Å². The molecule has 10 nitrogen and oxygen atoms in total. The third kappa shape index (κ3) is 2.80. The van der Waals surface area contributed by atoms with Crippen LogP contribution in [0.5, 0.6) is 0 Å². The molecule has 1 amide bonds. The van der Waals surface area contributed by atoms with E-state index in [1.54, 1.807) is 4.68 Å². The highest BCUT2D eigenvalue weighted by Gasteiger charge is 2.22. The van der Waals surface area contributed by atoms with Gasteiger partial charge in [-0.05, 0) is 29.3 Å². The predicted octanol–water partition coefficient (Wildman–Crippen LogP) is 1.22. The van der Waals surface area contributed by atoms with Gasteiger partial charge in [0.15, 0.2) is 11.6 Å². The SMILES string of the molecule is O=C(NCc1nnnn1C1CCCC1)c1ccc([N+](=O)[O-])o1. The van der Waals surface area contributed by atoms with Crippen molar-refractivity contribution in [3.8, 4) is 0 Å². The topological polar surface area (TPSA) is 129 Å².